The molecule has 0 fully saturated rings. The van der Waals surface area contributed by atoms with E-state index in [1.165, 1.54) is 0 Å². The van der Waals surface area contributed by atoms with E-state index in [2.05, 4.69) is 19.2 Å². The third-order valence-corrected chi connectivity index (χ3v) is 2.01. The molecule has 0 atom stereocenters. The van der Waals surface area contributed by atoms with E-state index in [4.69, 9.17) is 9.84 Å². The normalized spacial score (nSPS) is 10.5. The summed E-state index contributed by atoms with van der Waals surface area (Å²) in [5, 5.41) is 8.53. The van der Waals surface area contributed by atoms with E-state index >= 15 is 0 Å². The molecule has 3 heteroatoms. The van der Waals surface area contributed by atoms with Gasteiger partial charge in [0.05, 0.1) is 13.2 Å². The summed E-state index contributed by atoms with van der Waals surface area (Å²) in [6.07, 6.45) is 9.46. The number of carboxylic acids is 1. The maximum Gasteiger partial charge on any atom is 0.331 e. The highest BCUT2D eigenvalue weighted by molar-refractivity contribution is 5.85. The van der Waals surface area contributed by atoms with Gasteiger partial charge in [0.2, 0.25) is 0 Å². The molecule has 0 bridgehead atoms. The molecule has 0 unspecified atom stereocenters. The average molecular weight is 224 g/mol. The van der Waals surface area contributed by atoms with Crippen LogP contribution in [0.4, 0.5) is 0 Å². The Morgan fingerprint density at radius 2 is 2.06 bits per heavy atom. The van der Waals surface area contributed by atoms with Crippen molar-refractivity contribution in [1.29, 1.82) is 0 Å². The van der Waals surface area contributed by atoms with E-state index in [1.807, 2.05) is 12.2 Å². The topological polar surface area (TPSA) is 46.5 Å². The number of carboxylic acid groups (broad SMARTS) is 1. The third kappa shape index (κ3) is 9.21. The van der Waals surface area contributed by atoms with Gasteiger partial charge in [-0.1, -0.05) is 24.8 Å². The predicted molar refractivity (Wildman–Crippen MR) is 65.4 cm³/mol. The Morgan fingerprint density at radius 1 is 1.31 bits per heavy atom. The molecular formula is C13H20O3. The van der Waals surface area contributed by atoms with Gasteiger partial charge in [-0.25, -0.2) is 4.79 Å². The summed E-state index contributed by atoms with van der Waals surface area (Å²) in [5.74, 6) is -0.955. The number of rotatable bonds is 10. The van der Waals surface area contributed by atoms with Crippen molar-refractivity contribution in [2.24, 2.45) is 0 Å². The van der Waals surface area contributed by atoms with Gasteiger partial charge >= 0.3 is 5.97 Å². The average Bonchev–Trinajstić information content (AvgIpc) is 2.26. The lowest BCUT2D eigenvalue weighted by atomic mass is 10.2. The van der Waals surface area contributed by atoms with E-state index in [-0.39, 0.29) is 5.57 Å². The zero-order valence-electron chi connectivity index (χ0n) is 9.65. The van der Waals surface area contributed by atoms with E-state index in [0.717, 1.165) is 19.3 Å². The first kappa shape index (κ1) is 14.6. The molecule has 0 aliphatic heterocycles. The molecule has 0 amide bonds. The fraction of sp³-hybridized carbons (Fsp3) is 0.462. The summed E-state index contributed by atoms with van der Waals surface area (Å²) in [5.41, 5.74) is 0.190. The zero-order valence-corrected chi connectivity index (χ0v) is 9.65. The van der Waals surface area contributed by atoms with E-state index in [1.54, 1.807) is 0 Å². The molecule has 3 nitrogen and oxygen atoms in total. The molecule has 1 N–H and O–H groups in total. The van der Waals surface area contributed by atoms with Gasteiger partial charge in [-0.2, -0.15) is 0 Å². The minimum atomic E-state index is -0.955. The van der Waals surface area contributed by atoms with Crippen LogP contribution in [0.3, 0.4) is 0 Å². The van der Waals surface area contributed by atoms with Crippen LogP contribution in [0.25, 0.3) is 0 Å². The molecular weight excluding hydrogens is 204 g/mol. The Bertz CT molecular complexity index is 254. The number of allylic oxidation sites excluding steroid dienone is 2. The second-order valence-corrected chi connectivity index (χ2v) is 3.42. The van der Waals surface area contributed by atoms with Crippen LogP contribution in [0.5, 0.6) is 0 Å². The van der Waals surface area contributed by atoms with Gasteiger partial charge in [-0.3, -0.25) is 0 Å². The van der Waals surface area contributed by atoms with Crippen LogP contribution in [0.1, 0.15) is 25.7 Å². The van der Waals surface area contributed by atoms with Crippen molar-refractivity contribution >= 4 is 5.97 Å². The van der Waals surface area contributed by atoms with Gasteiger partial charge in [0.15, 0.2) is 0 Å². The summed E-state index contributed by atoms with van der Waals surface area (Å²) >= 11 is 0. The summed E-state index contributed by atoms with van der Waals surface area (Å²) in [4.78, 5) is 10.4. The lowest BCUT2D eigenvalue weighted by Crippen LogP contribution is -2.03. The summed E-state index contributed by atoms with van der Waals surface area (Å²) in [7, 11) is 0. The fourth-order valence-electron chi connectivity index (χ4n) is 1.02. The fourth-order valence-corrected chi connectivity index (χ4v) is 1.02. The first-order valence-corrected chi connectivity index (χ1v) is 5.43. The Labute approximate surface area is 97.1 Å². The van der Waals surface area contributed by atoms with E-state index < -0.39 is 5.97 Å². The third-order valence-electron chi connectivity index (χ3n) is 2.01. The Kier molecular flexibility index (Phi) is 9.32. The molecule has 0 rings (SSSR count). The highest BCUT2D eigenvalue weighted by Crippen LogP contribution is 1.99. The standard InChI is InChI=1S/C13H20O3/c1-3-4-5-6-7-8-10-16-11-9-12(2)13(14)15/h3,7-8H,1-2,4-6,9-11H2,(H,14,15). The summed E-state index contributed by atoms with van der Waals surface area (Å²) < 4.78 is 5.23. The largest absolute Gasteiger partial charge is 0.478 e. The lowest BCUT2D eigenvalue weighted by Gasteiger charge is -2.00. The molecule has 16 heavy (non-hydrogen) atoms. The predicted octanol–water partition coefficient (Wildman–Crippen LogP) is 2.95. The van der Waals surface area contributed by atoms with Crippen LogP contribution in [-0.4, -0.2) is 24.3 Å². The molecule has 0 aliphatic carbocycles. The number of ether oxygens (including phenoxy) is 1. The van der Waals surface area contributed by atoms with Crippen molar-refractivity contribution in [3.05, 3.63) is 37.0 Å². The van der Waals surface area contributed by atoms with Gasteiger partial charge in [0, 0.05) is 12.0 Å². The SMILES string of the molecule is C=CCCCC=CCOCCC(=C)C(=O)O. The highest BCUT2D eigenvalue weighted by atomic mass is 16.5. The molecule has 90 valence electrons. The van der Waals surface area contributed by atoms with Crippen LogP contribution < -0.4 is 0 Å². The van der Waals surface area contributed by atoms with Gasteiger partial charge in [0.25, 0.3) is 0 Å². The summed E-state index contributed by atoms with van der Waals surface area (Å²) in [6.45, 7) is 7.99. The lowest BCUT2D eigenvalue weighted by molar-refractivity contribution is -0.132. The Balaban J connectivity index is 3.29. The van der Waals surface area contributed by atoms with Crippen LogP contribution in [0.2, 0.25) is 0 Å². The van der Waals surface area contributed by atoms with Crippen LogP contribution in [-0.2, 0) is 9.53 Å². The van der Waals surface area contributed by atoms with Crippen LogP contribution in [0.15, 0.2) is 37.0 Å². The molecule has 0 heterocycles. The monoisotopic (exact) mass is 224 g/mol. The molecule has 0 aromatic heterocycles. The maximum atomic E-state index is 10.4. The second-order valence-electron chi connectivity index (χ2n) is 3.42. The maximum absolute atomic E-state index is 10.4. The molecule has 0 saturated carbocycles. The minimum Gasteiger partial charge on any atom is -0.478 e. The molecule has 0 aliphatic rings. The first-order valence-electron chi connectivity index (χ1n) is 5.43. The van der Waals surface area contributed by atoms with Crippen LogP contribution >= 0.6 is 0 Å². The van der Waals surface area contributed by atoms with Crippen LogP contribution in [0, 0.1) is 0 Å². The van der Waals surface area contributed by atoms with Gasteiger partial charge in [-0.05, 0) is 19.3 Å². The van der Waals surface area contributed by atoms with Crippen molar-refractivity contribution in [2.45, 2.75) is 25.7 Å². The quantitative estimate of drug-likeness (QED) is 0.352. The number of unbranched alkanes of at least 4 members (excludes halogenated alkanes) is 2. The van der Waals surface area contributed by atoms with Crippen molar-refractivity contribution < 1.29 is 14.6 Å². The van der Waals surface area contributed by atoms with Gasteiger partial charge < -0.3 is 9.84 Å². The number of hydrogen-bond donors (Lipinski definition) is 1. The van der Waals surface area contributed by atoms with Crippen molar-refractivity contribution in [3.63, 3.8) is 0 Å². The van der Waals surface area contributed by atoms with Crippen molar-refractivity contribution in [1.82, 2.24) is 0 Å². The molecule has 0 aromatic rings. The van der Waals surface area contributed by atoms with Crippen molar-refractivity contribution in [3.8, 4) is 0 Å². The second kappa shape index (κ2) is 10.2. The number of hydrogen-bond acceptors (Lipinski definition) is 2. The van der Waals surface area contributed by atoms with Gasteiger partial charge in [-0.15, -0.1) is 6.58 Å². The Hall–Kier alpha value is -1.35. The Morgan fingerprint density at radius 3 is 2.69 bits per heavy atom. The first-order chi connectivity index (χ1) is 7.68. The van der Waals surface area contributed by atoms with Crippen molar-refractivity contribution in [2.75, 3.05) is 13.2 Å². The molecule has 0 aromatic carbocycles. The molecule has 0 saturated heterocycles. The van der Waals surface area contributed by atoms with Gasteiger partial charge in [0.1, 0.15) is 0 Å². The molecule has 0 radical (unpaired) electrons. The summed E-state index contributed by atoms with van der Waals surface area (Å²) in [6, 6.07) is 0. The molecule has 0 spiro atoms. The van der Waals surface area contributed by atoms with E-state index in [9.17, 15) is 4.79 Å². The number of carbonyl (C=O) groups is 1. The highest BCUT2D eigenvalue weighted by Gasteiger charge is 2.01. The smallest absolute Gasteiger partial charge is 0.331 e. The zero-order chi connectivity index (χ0) is 12.2. The number of aliphatic carboxylic acids is 1. The minimum absolute atomic E-state index is 0.190. The van der Waals surface area contributed by atoms with E-state index in [0.29, 0.717) is 19.6 Å².